The van der Waals surface area contributed by atoms with Crippen LogP contribution in [-0.4, -0.2) is 12.5 Å². The standard InChI is InChI=1S/C18H22ClN3O/c1-2-11-21-18(20)22-12-14-7-3-4-8-15(14)13-23-17-10-6-5-9-16(17)19/h3-10H,2,11-13H2,1H3,(H3,20,21,22). The first-order valence-corrected chi connectivity index (χ1v) is 8.06. The number of aliphatic imine (C=N–C) groups is 1. The number of hydrogen-bond donors (Lipinski definition) is 2. The first kappa shape index (κ1) is 17.2. The average Bonchev–Trinajstić information content (AvgIpc) is 2.58. The summed E-state index contributed by atoms with van der Waals surface area (Å²) >= 11 is 6.11. The minimum Gasteiger partial charge on any atom is -0.487 e. The van der Waals surface area contributed by atoms with Crippen LogP contribution >= 0.6 is 11.6 Å². The lowest BCUT2D eigenvalue weighted by molar-refractivity contribution is 0.305. The van der Waals surface area contributed by atoms with Gasteiger partial charge in [-0.15, -0.1) is 0 Å². The third-order valence-corrected chi connectivity index (χ3v) is 3.63. The molecular weight excluding hydrogens is 310 g/mol. The van der Waals surface area contributed by atoms with Crippen LogP contribution in [0.15, 0.2) is 53.5 Å². The monoisotopic (exact) mass is 331 g/mol. The lowest BCUT2D eigenvalue weighted by Gasteiger charge is -2.11. The van der Waals surface area contributed by atoms with Gasteiger partial charge in [-0.1, -0.05) is 54.9 Å². The summed E-state index contributed by atoms with van der Waals surface area (Å²) in [5.74, 6) is 1.14. The van der Waals surface area contributed by atoms with Crippen molar-refractivity contribution < 1.29 is 4.74 Å². The molecule has 2 rings (SSSR count). The summed E-state index contributed by atoms with van der Waals surface area (Å²) in [5, 5.41) is 3.67. The maximum atomic E-state index is 6.11. The molecular formula is C18H22ClN3O. The lowest BCUT2D eigenvalue weighted by Crippen LogP contribution is -2.32. The van der Waals surface area contributed by atoms with Crippen molar-refractivity contribution in [2.45, 2.75) is 26.5 Å². The molecule has 0 fully saturated rings. The molecule has 0 saturated heterocycles. The first-order chi connectivity index (χ1) is 11.2. The van der Waals surface area contributed by atoms with Gasteiger partial charge in [0.15, 0.2) is 5.96 Å². The number of guanidine groups is 1. The van der Waals surface area contributed by atoms with E-state index in [-0.39, 0.29) is 0 Å². The summed E-state index contributed by atoms with van der Waals surface area (Å²) in [4.78, 5) is 4.37. The summed E-state index contributed by atoms with van der Waals surface area (Å²) < 4.78 is 5.81. The van der Waals surface area contributed by atoms with Gasteiger partial charge in [0.05, 0.1) is 11.6 Å². The lowest BCUT2D eigenvalue weighted by atomic mass is 10.1. The molecule has 122 valence electrons. The number of nitrogens with zero attached hydrogens (tertiary/aromatic N) is 1. The van der Waals surface area contributed by atoms with Crippen molar-refractivity contribution in [1.29, 1.82) is 0 Å². The zero-order chi connectivity index (χ0) is 16.5. The zero-order valence-electron chi connectivity index (χ0n) is 13.3. The molecule has 0 amide bonds. The molecule has 0 aliphatic heterocycles. The molecule has 2 aromatic rings. The van der Waals surface area contributed by atoms with Crippen LogP contribution in [0.5, 0.6) is 5.75 Å². The molecule has 0 aromatic heterocycles. The fraction of sp³-hybridized carbons (Fsp3) is 0.278. The molecule has 23 heavy (non-hydrogen) atoms. The zero-order valence-corrected chi connectivity index (χ0v) is 14.0. The Hall–Kier alpha value is -2.20. The minimum absolute atomic E-state index is 0.442. The number of benzene rings is 2. The van der Waals surface area contributed by atoms with E-state index >= 15 is 0 Å². The number of hydrogen-bond acceptors (Lipinski definition) is 2. The van der Waals surface area contributed by atoms with E-state index in [1.807, 2.05) is 48.5 Å². The van der Waals surface area contributed by atoms with E-state index < -0.39 is 0 Å². The smallest absolute Gasteiger partial charge is 0.188 e. The molecule has 0 bridgehead atoms. The molecule has 0 unspecified atom stereocenters. The van der Waals surface area contributed by atoms with Gasteiger partial charge in [0.1, 0.15) is 12.4 Å². The van der Waals surface area contributed by atoms with Crippen molar-refractivity contribution in [3.05, 3.63) is 64.7 Å². The second kappa shape index (κ2) is 9.06. The van der Waals surface area contributed by atoms with E-state index in [1.54, 1.807) is 0 Å². The molecule has 4 nitrogen and oxygen atoms in total. The van der Waals surface area contributed by atoms with E-state index in [1.165, 1.54) is 0 Å². The summed E-state index contributed by atoms with van der Waals surface area (Å²) in [6.07, 6.45) is 1.01. The van der Waals surface area contributed by atoms with Crippen LogP contribution in [0, 0.1) is 0 Å². The summed E-state index contributed by atoms with van der Waals surface area (Å²) in [6, 6.07) is 15.5. The van der Waals surface area contributed by atoms with Crippen LogP contribution in [0.25, 0.3) is 0 Å². The molecule has 0 spiro atoms. The van der Waals surface area contributed by atoms with E-state index in [4.69, 9.17) is 22.1 Å². The number of halogens is 1. The number of nitrogens with two attached hydrogens (primary N) is 1. The highest BCUT2D eigenvalue weighted by Crippen LogP contribution is 2.24. The van der Waals surface area contributed by atoms with E-state index in [9.17, 15) is 0 Å². The molecule has 2 aromatic carbocycles. The van der Waals surface area contributed by atoms with Crippen molar-refractivity contribution >= 4 is 17.6 Å². The molecule has 3 N–H and O–H groups in total. The molecule has 0 atom stereocenters. The number of nitrogens with one attached hydrogen (secondary N) is 1. The van der Waals surface area contributed by atoms with Crippen LogP contribution in [0.2, 0.25) is 5.02 Å². The third kappa shape index (κ3) is 5.49. The second-order valence-electron chi connectivity index (χ2n) is 5.12. The quantitative estimate of drug-likeness (QED) is 0.600. The van der Waals surface area contributed by atoms with E-state index in [2.05, 4.69) is 17.2 Å². The van der Waals surface area contributed by atoms with Crippen molar-refractivity contribution in [2.24, 2.45) is 10.7 Å². The van der Waals surface area contributed by atoms with Gasteiger partial charge in [0.2, 0.25) is 0 Å². The summed E-state index contributed by atoms with van der Waals surface area (Å²) in [5.41, 5.74) is 7.99. The van der Waals surface area contributed by atoms with Gasteiger partial charge in [0, 0.05) is 6.54 Å². The van der Waals surface area contributed by atoms with Crippen molar-refractivity contribution in [3.63, 3.8) is 0 Å². The van der Waals surface area contributed by atoms with Crippen molar-refractivity contribution in [2.75, 3.05) is 6.54 Å². The number of para-hydroxylation sites is 1. The minimum atomic E-state index is 0.442. The third-order valence-electron chi connectivity index (χ3n) is 3.31. The Balaban J connectivity index is 2.01. The SMILES string of the molecule is CCCNC(N)=NCc1ccccc1COc1ccccc1Cl. The maximum Gasteiger partial charge on any atom is 0.188 e. The predicted octanol–water partition coefficient (Wildman–Crippen LogP) is 3.73. The normalized spacial score (nSPS) is 11.3. The van der Waals surface area contributed by atoms with E-state index in [0.717, 1.165) is 24.1 Å². The highest BCUT2D eigenvalue weighted by Gasteiger charge is 2.05. The molecule has 0 aliphatic rings. The van der Waals surface area contributed by atoms with Gasteiger partial charge in [-0.2, -0.15) is 0 Å². The van der Waals surface area contributed by atoms with Gasteiger partial charge in [-0.05, 0) is 29.7 Å². The molecule has 5 heteroatoms. The summed E-state index contributed by atoms with van der Waals surface area (Å²) in [6.45, 7) is 3.87. The fourth-order valence-electron chi connectivity index (χ4n) is 2.05. The number of rotatable bonds is 7. The largest absolute Gasteiger partial charge is 0.487 e. The highest BCUT2D eigenvalue weighted by molar-refractivity contribution is 6.32. The second-order valence-corrected chi connectivity index (χ2v) is 5.52. The van der Waals surface area contributed by atoms with E-state index in [0.29, 0.717) is 29.9 Å². The maximum absolute atomic E-state index is 6.11. The molecule has 0 aliphatic carbocycles. The van der Waals surface area contributed by atoms with Crippen LogP contribution in [-0.2, 0) is 13.2 Å². The molecule has 0 heterocycles. The van der Waals surface area contributed by atoms with Gasteiger partial charge in [-0.3, -0.25) is 0 Å². The Kier molecular flexibility index (Phi) is 6.76. The Bertz CT molecular complexity index is 658. The van der Waals surface area contributed by atoms with Gasteiger partial charge < -0.3 is 15.8 Å². The fourth-order valence-corrected chi connectivity index (χ4v) is 2.24. The van der Waals surface area contributed by atoms with Crippen molar-refractivity contribution in [3.8, 4) is 5.75 Å². The van der Waals surface area contributed by atoms with Gasteiger partial charge in [0.25, 0.3) is 0 Å². The van der Waals surface area contributed by atoms with Crippen LogP contribution in [0.3, 0.4) is 0 Å². The Morgan fingerprint density at radius 2 is 1.83 bits per heavy atom. The Labute approximate surface area is 142 Å². The highest BCUT2D eigenvalue weighted by atomic mass is 35.5. The number of ether oxygens (including phenoxy) is 1. The van der Waals surface area contributed by atoms with Gasteiger partial charge in [-0.25, -0.2) is 4.99 Å². The molecule has 0 saturated carbocycles. The molecule has 0 radical (unpaired) electrons. The first-order valence-electron chi connectivity index (χ1n) is 7.68. The van der Waals surface area contributed by atoms with Crippen LogP contribution in [0.4, 0.5) is 0 Å². The Morgan fingerprint density at radius 1 is 1.13 bits per heavy atom. The average molecular weight is 332 g/mol. The Morgan fingerprint density at radius 3 is 2.57 bits per heavy atom. The van der Waals surface area contributed by atoms with Crippen LogP contribution < -0.4 is 15.8 Å². The van der Waals surface area contributed by atoms with Crippen molar-refractivity contribution in [1.82, 2.24) is 5.32 Å². The predicted molar refractivity (Wildman–Crippen MR) is 95.8 cm³/mol. The summed E-state index contributed by atoms with van der Waals surface area (Å²) in [7, 11) is 0. The van der Waals surface area contributed by atoms with Crippen LogP contribution in [0.1, 0.15) is 24.5 Å². The topological polar surface area (TPSA) is 59.6 Å². The van der Waals surface area contributed by atoms with Gasteiger partial charge >= 0.3 is 0 Å².